The summed E-state index contributed by atoms with van der Waals surface area (Å²) in [7, 11) is 0. The lowest BCUT2D eigenvalue weighted by atomic mass is 9.50. The topological polar surface area (TPSA) is 0 Å². The number of rotatable bonds is 3. The zero-order valence-corrected chi connectivity index (χ0v) is 16.5. The standard InChI is InChI=1S/C24H38/c1-5-8-17(2)20-12-13-21-19-11-10-18-9-6-7-15-23(18,3)22(19)14-16-24(20,21)4/h10-11,17,20-22H,5-9,12-16H2,1-4H3/t17-,20-,21+,22+,23+,24-/m1/s1. The van der Waals surface area contributed by atoms with E-state index in [1.54, 1.807) is 5.57 Å². The third-order valence-corrected chi connectivity index (χ3v) is 8.99. The fourth-order valence-electron chi connectivity index (χ4n) is 7.67. The second kappa shape index (κ2) is 6.03. The van der Waals surface area contributed by atoms with Crippen LogP contribution in [0.1, 0.15) is 91.9 Å². The highest BCUT2D eigenvalue weighted by molar-refractivity contribution is 5.38. The van der Waals surface area contributed by atoms with Gasteiger partial charge in [0.1, 0.15) is 0 Å². The van der Waals surface area contributed by atoms with E-state index < -0.39 is 0 Å². The van der Waals surface area contributed by atoms with E-state index in [4.69, 9.17) is 0 Å². The molecule has 0 aromatic rings. The molecule has 0 aromatic carbocycles. The average Bonchev–Trinajstić information content (AvgIpc) is 2.92. The van der Waals surface area contributed by atoms with Gasteiger partial charge >= 0.3 is 0 Å². The maximum atomic E-state index is 2.67. The highest BCUT2D eigenvalue weighted by Gasteiger charge is 2.56. The van der Waals surface area contributed by atoms with Crippen molar-refractivity contribution >= 4 is 0 Å². The summed E-state index contributed by atoms with van der Waals surface area (Å²) in [6.45, 7) is 10.2. The quantitative estimate of drug-likeness (QED) is 0.510. The first kappa shape index (κ1) is 16.9. The Morgan fingerprint density at radius 3 is 2.67 bits per heavy atom. The summed E-state index contributed by atoms with van der Waals surface area (Å²) in [5.74, 6) is 3.64. The van der Waals surface area contributed by atoms with E-state index in [0.29, 0.717) is 10.8 Å². The van der Waals surface area contributed by atoms with Crippen molar-refractivity contribution in [3.8, 4) is 0 Å². The molecule has 0 aliphatic heterocycles. The van der Waals surface area contributed by atoms with Gasteiger partial charge in [0.15, 0.2) is 0 Å². The van der Waals surface area contributed by atoms with E-state index >= 15 is 0 Å². The Bertz CT molecular complexity index is 552. The smallest absolute Gasteiger partial charge is 0.00476 e. The van der Waals surface area contributed by atoms with Crippen molar-refractivity contribution < 1.29 is 0 Å². The lowest BCUT2D eigenvalue weighted by Gasteiger charge is -2.54. The first-order valence-electron chi connectivity index (χ1n) is 10.9. The summed E-state index contributed by atoms with van der Waals surface area (Å²) in [4.78, 5) is 0. The van der Waals surface area contributed by atoms with Gasteiger partial charge in [0, 0.05) is 0 Å². The zero-order valence-electron chi connectivity index (χ0n) is 16.5. The van der Waals surface area contributed by atoms with Gasteiger partial charge in [-0.2, -0.15) is 0 Å². The number of hydrogen-bond acceptors (Lipinski definition) is 0. The SMILES string of the molecule is CCC[C@@H](C)[C@H]1CC[C@H]2C3=CC=C4CCCC[C@]4(C)[C@H]3CC[C@]12C. The molecular weight excluding hydrogens is 288 g/mol. The molecule has 0 bridgehead atoms. The van der Waals surface area contributed by atoms with Crippen LogP contribution in [0.15, 0.2) is 23.3 Å². The average molecular weight is 327 g/mol. The van der Waals surface area contributed by atoms with Gasteiger partial charge in [-0.05, 0) is 79.4 Å². The van der Waals surface area contributed by atoms with Crippen LogP contribution in [0, 0.1) is 34.5 Å². The molecule has 0 spiro atoms. The van der Waals surface area contributed by atoms with Gasteiger partial charge in [-0.25, -0.2) is 0 Å². The van der Waals surface area contributed by atoms with Gasteiger partial charge in [0.2, 0.25) is 0 Å². The highest BCUT2D eigenvalue weighted by Crippen LogP contribution is 2.66. The number of allylic oxidation sites excluding steroid dienone is 4. The molecule has 134 valence electrons. The monoisotopic (exact) mass is 326 g/mol. The van der Waals surface area contributed by atoms with Gasteiger partial charge in [-0.1, -0.05) is 70.3 Å². The largest absolute Gasteiger partial charge is 0.0654 e. The van der Waals surface area contributed by atoms with Gasteiger partial charge in [-0.3, -0.25) is 0 Å². The lowest BCUT2D eigenvalue weighted by molar-refractivity contribution is 0.0482. The molecule has 0 aromatic heterocycles. The molecule has 3 fully saturated rings. The van der Waals surface area contributed by atoms with Crippen LogP contribution >= 0.6 is 0 Å². The number of fused-ring (bicyclic) bond motifs is 5. The molecule has 4 rings (SSSR count). The van der Waals surface area contributed by atoms with E-state index in [1.807, 2.05) is 5.57 Å². The van der Waals surface area contributed by atoms with Crippen molar-refractivity contribution in [1.82, 2.24) is 0 Å². The molecule has 4 aliphatic carbocycles. The fourth-order valence-corrected chi connectivity index (χ4v) is 7.67. The summed E-state index contributed by atoms with van der Waals surface area (Å²) in [6, 6.07) is 0. The first-order valence-corrected chi connectivity index (χ1v) is 10.9. The van der Waals surface area contributed by atoms with Crippen LogP contribution < -0.4 is 0 Å². The van der Waals surface area contributed by atoms with Crippen molar-refractivity contribution in [3.63, 3.8) is 0 Å². The molecule has 0 radical (unpaired) electrons. The summed E-state index contributed by atoms with van der Waals surface area (Å²) >= 11 is 0. The normalized spacial score (nSPS) is 45.6. The Kier molecular flexibility index (Phi) is 4.25. The fraction of sp³-hybridized carbons (Fsp3) is 0.833. The van der Waals surface area contributed by atoms with Gasteiger partial charge in [0.05, 0.1) is 0 Å². The lowest BCUT2D eigenvalue weighted by Crippen LogP contribution is -2.45. The van der Waals surface area contributed by atoms with Crippen LogP contribution in [-0.2, 0) is 0 Å². The van der Waals surface area contributed by atoms with Gasteiger partial charge in [-0.15, -0.1) is 0 Å². The molecule has 0 unspecified atom stereocenters. The predicted octanol–water partition coefficient (Wildman–Crippen LogP) is 7.31. The van der Waals surface area contributed by atoms with Crippen molar-refractivity contribution in [2.75, 3.05) is 0 Å². The van der Waals surface area contributed by atoms with Crippen LogP contribution in [0.2, 0.25) is 0 Å². The summed E-state index contributed by atoms with van der Waals surface area (Å²) in [5.41, 5.74) is 4.77. The van der Waals surface area contributed by atoms with E-state index in [2.05, 4.69) is 39.8 Å². The Balaban J connectivity index is 1.65. The minimum Gasteiger partial charge on any atom is -0.0654 e. The van der Waals surface area contributed by atoms with Crippen molar-refractivity contribution in [2.45, 2.75) is 91.9 Å². The van der Waals surface area contributed by atoms with E-state index in [0.717, 1.165) is 23.7 Å². The summed E-state index contributed by atoms with van der Waals surface area (Å²) in [5, 5.41) is 0. The maximum absolute atomic E-state index is 2.67. The molecule has 24 heavy (non-hydrogen) atoms. The number of hydrogen-bond donors (Lipinski definition) is 0. The minimum absolute atomic E-state index is 0.511. The molecule has 0 saturated heterocycles. The zero-order chi connectivity index (χ0) is 16.9. The second-order valence-corrected chi connectivity index (χ2v) is 10.1. The third-order valence-electron chi connectivity index (χ3n) is 8.99. The van der Waals surface area contributed by atoms with E-state index in [1.165, 1.54) is 64.2 Å². The van der Waals surface area contributed by atoms with Gasteiger partial charge in [0.25, 0.3) is 0 Å². The molecule has 4 aliphatic rings. The van der Waals surface area contributed by atoms with Crippen LogP contribution in [0.5, 0.6) is 0 Å². The van der Waals surface area contributed by atoms with Crippen LogP contribution in [-0.4, -0.2) is 0 Å². The summed E-state index contributed by atoms with van der Waals surface area (Å²) in [6.07, 6.45) is 19.6. The highest BCUT2D eigenvalue weighted by atomic mass is 14.6. The van der Waals surface area contributed by atoms with Crippen molar-refractivity contribution in [1.29, 1.82) is 0 Å². The Morgan fingerprint density at radius 2 is 1.88 bits per heavy atom. The van der Waals surface area contributed by atoms with Crippen LogP contribution in [0.4, 0.5) is 0 Å². The Labute approximate surface area is 150 Å². The van der Waals surface area contributed by atoms with E-state index in [9.17, 15) is 0 Å². The minimum atomic E-state index is 0.511. The van der Waals surface area contributed by atoms with Gasteiger partial charge < -0.3 is 0 Å². The van der Waals surface area contributed by atoms with Crippen molar-refractivity contribution in [3.05, 3.63) is 23.3 Å². The molecule has 0 heterocycles. The molecule has 3 saturated carbocycles. The predicted molar refractivity (Wildman–Crippen MR) is 104 cm³/mol. The molecule has 0 amide bonds. The molecule has 0 heteroatoms. The summed E-state index contributed by atoms with van der Waals surface area (Å²) < 4.78 is 0. The first-order chi connectivity index (χ1) is 11.5. The third kappa shape index (κ3) is 2.31. The molecule has 6 atom stereocenters. The molecule has 0 nitrogen and oxygen atoms in total. The molecule has 0 N–H and O–H groups in total. The van der Waals surface area contributed by atoms with Crippen molar-refractivity contribution in [2.24, 2.45) is 34.5 Å². The second-order valence-electron chi connectivity index (χ2n) is 10.1. The van der Waals surface area contributed by atoms with E-state index in [-0.39, 0.29) is 0 Å². The van der Waals surface area contributed by atoms with Crippen LogP contribution in [0.3, 0.4) is 0 Å². The molecular formula is C24H38. The Morgan fingerprint density at radius 1 is 1.04 bits per heavy atom. The Hall–Kier alpha value is -0.520. The van der Waals surface area contributed by atoms with Crippen LogP contribution in [0.25, 0.3) is 0 Å². The maximum Gasteiger partial charge on any atom is -0.00476 e.